The molecule has 0 aliphatic heterocycles. The average Bonchev–Trinajstić information content (AvgIpc) is 2.77. The first-order valence-corrected chi connectivity index (χ1v) is 10.7. The van der Waals surface area contributed by atoms with E-state index in [1.165, 1.54) is 52.9 Å². The molecule has 0 aromatic heterocycles. The Balaban J connectivity index is 1.55. The molecule has 1 heteroatoms. The maximum Gasteiger partial charge on any atom is 0.0201 e. The van der Waals surface area contributed by atoms with Crippen molar-refractivity contribution in [3.8, 4) is 0 Å². The lowest BCUT2D eigenvalue weighted by molar-refractivity contribution is 1.50. The summed E-state index contributed by atoms with van der Waals surface area (Å²) in [5.41, 5.74) is 0. The average molecular weight is 387 g/mol. The fourth-order valence-electron chi connectivity index (χ4n) is 4.17. The molecule has 29 heavy (non-hydrogen) atoms. The van der Waals surface area contributed by atoms with Gasteiger partial charge in [0.05, 0.1) is 0 Å². The van der Waals surface area contributed by atoms with E-state index in [0.717, 1.165) is 0 Å². The molecule has 0 saturated heterocycles. The molecule has 0 bridgehead atoms. The number of fused-ring (bicyclic) bond motifs is 4. The van der Waals surface area contributed by atoms with Gasteiger partial charge in [0.1, 0.15) is 0 Å². The summed E-state index contributed by atoms with van der Waals surface area (Å²) in [6.45, 7) is 0. The molecule has 0 unspecified atom stereocenters. The highest BCUT2D eigenvalue weighted by molar-refractivity contribution is 7.99. The zero-order valence-corrected chi connectivity index (χ0v) is 16.6. The van der Waals surface area contributed by atoms with Gasteiger partial charge in [-0.1, -0.05) is 84.6 Å². The van der Waals surface area contributed by atoms with Crippen molar-refractivity contribution >= 4 is 54.9 Å². The van der Waals surface area contributed by atoms with Crippen LogP contribution in [0.15, 0.2) is 119 Å². The fourth-order valence-corrected chi connectivity index (χ4v) is 5.28. The Kier molecular flexibility index (Phi) is 3.82. The molecule has 0 fully saturated rings. The van der Waals surface area contributed by atoms with Crippen LogP contribution < -0.4 is 0 Å². The minimum Gasteiger partial charge on any atom is -0.0888 e. The van der Waals surface area contributed by atoms with Crippen molar-refractivity contribution in [1.29, 1.82) is 0 Å². The van der Waals surface area contributed by atoms with Gasteiger partial charge in [0.15, 0.2) is 0 Å². The lowest BCUT2D eigenvalue weighted by Gasteiger charge is -2.11. The molecule has 6 aromatic carbocycles. The summed E-state index contributed by atoms with van der Waals surface area (Å²) in [6.07, 6.45) is 0. The molecule has 0 aliphatic rings. The third-order valence-corrected chi connectivity index (χ3v) is 6.79. The smallest absolute Gasteiger partial charge is 0.0201 e. The molecule has 0 heterocycles. The molecule has 0 spiro atoms. The molecule has 0 atom stereocenters. The molecule has 0 N–H and O–H groups in total. The van der Waals surface area contributed by atoms with E-state index in [0.29, 0.717) is 0 Å². The Labute approximate surface area is 173 Å². The third kappa shape index (κ3) is 2.86. The standard InChI is InChI=1S/C28H18S/c1-3-9-21-17-25-23(15-19(21)7-1)11-5-13-27(25)29-28-14-6-12-24-16-20-8-2-4-10-22(20)18-26(24)28/h1-18H. The van der Waals surface area contributed by atoms with E-state index in [2.05, 4.69) is 109 Å². The molecular weight excluding hydrogens is 368 g/mol. The minimum atomic E-state index is 1.29. The summed E-state index contributed by atoms with van der Waals surface area (Å²) in [4.78, 5) is 2.60. The Hall–Kier alpha value is -3.29. The van der Waals surface area contributed by atoms with E-state index in [-0.39, 0.29) is 0 Å². The molecule has 0 nitrogen and oxygen atoms in total. The molecule has 136 valence electrons. The summed E-state index contributed by atoms with van der Waals surface area (Å²) in [5, 5.41) is 10.4. The highest BCUT2D eigenvalue weighted by Gasteiger charge is 2.08. The molecule has 0 saturated carbocycles. The lowest BCUT2D eigenvalue weighted by Crippen LogP contribution is -1.83. The minimum absolute atomic E-state index is 1.29. The second kappa shape index (κ2) is 6.65. The van der Waals surface area contributed by atoms with Gasteiger partial charge in [-0.25, -0.2) is 0 Å². The molecular formula is C28H18S. The van der Waals surface area contributed by atoms with Crippen LogP contribution >= 0.6 is 11.8 Å². The molecule has 0 radical (unpaired) electrons. The van der Waals surface area contributed by atoms with Crippen LogP contribution in [0.5, 0.6) is 0 Å². The van der Waals surface area contributed by atoms with Gasteiger partial charge in [0.2, 0.25) is 0 Å². The van der Waals surface area contributed by atoms with Crippen LogP contribution in [-0.2, 0) is 0 Å². The van der Waals surface area contributed by atoms with Crippen LogP contribution in [0.4, 0.5) is 0 Å². The maximum atomic E-state index is 2.33. The van der Waals surface area contributed by atoms with Gasteiger partial charge in [0, 0.05) is 9.79 Å². The van der Waals surface area contributed by atoms with Gasteiger partial charge < -0.3 is 0 Å². The Morgan fingerprint density at radius 3 is 1.17 bits per heavy atom. The predicted octanol–water partition coefficient (Wildman–Crippen LogP) is 8.45. The van der Waals surface area contributed by atoms with Gasteiger partial charge in [0.25, 0.3) is 0 Å². The van der Waals surface area contributed by atoms with E-state index in [4.69, 9.17) is 0 Å². The first-order valence-electron chi connectivity index (χ1n) is 9.86. The summed E-state index contributed by atoms with van der Waals surface area (Å²) in [6, 6.07) is 39.7. The van der Waals surface area contributed by atoms with Crippen LogP contribution in [0.2, 0.25) is 0 Å². The lowest BCUT2D eigenvalue weighted by atomic mass is 10.0. The van der Waals surface area contributed by atoms with Crippen LogP contribution in [0.1, 0.15) is 0 Å². The van der Waals surface area contributed by atoms with Gasteiger partial charge in [-0.15, -0.1) is 0 Å². The predicted molar refractivity (Wildman–Crippen MR) is 127 cm³/mol. The zero-order valence-electron chi connectivity index (χ0n) is 15.8. The zero-order chi connectivity index (χ0) is 19.2. The molecule has 6 aromatic rings. The Morgan fingerprint density at radius 1 is 0.345 bits per heavy atom. The topological polar surface area (TPSA) is 0 Å². The van der Waals surface area contributed by atoms with Crippen molar-refractivity contribution < 1.29 is 0 Å². The highest BCUT2D eigenvalue weighted by Crippen LogP contribution is 2.39. The van der Waals surface area contributed by atoms with Crippen LogP contribution in [0.25, 0.3) is 43.1 Å². The second-order valence-corrected chi connectivity index (χ2v) is 8.54. The van der Waals surface area contributed by atoms with Crippen LogP contribution in [-0.4, -0.2) is 0 Å². The number of hydrogen-bond acceptors (Lipinski definition) is 1. The van der Waals surface area contributed by atoms with Gasteiger partial charge in [-0.05, 0) is 79.5 Å². The third-order valence-electron chi connectivity index (χ3n) is 5.63. The molecule has 0 amide bonds. The van der Waals surface area contributed by atoms with E-state index in [1.807, 2.05) is 11.8 Å². The first kappa shape index (κ1) is 16.6. The second-order valence-electron chi connectivity index (χ2n) is 7.46. The number of hydrogen-bond donors (Lipinski definition) is 0. The number of rotatable bonds is 2. The van der Waals surface area contributed by atoms with E-state index < -0.39 is 0 Å². The van der Waals surface area contributed by atoms with Crippen LogP contribution in [0, 0.1) is 0 Å². The van der Waals surface area contributed by atoms with Gasteiger partial charge in [-0.2, -0.15) is 0 Å². The largest absolute Gasteiger partial charge is 0.0888 e. The normalized spacial score (nSPS) is 11.6. The summed E-state index contributed by atoms with van der Waals surface area (Å²) in [7, 11) is 0. The van der Waals surface area contributed by atoms with Gasteiger partial charge in [-0.3, -0.25) is 0 Å². The summed E-state index contributed by atoms with van der Waals surface area (Å²) in [5.74, 6) is 0. The fraction of sp³-hybridized carbons (Fsp3) is 0. The van der Waals surface area contributed by atoms with E-state index >= 15 is 0 Å². The highest BCUT2D eigenvalue weighted by atomic mass is 32.2. The first-order chi connectivity index (χ1) is 14.3. The van der Waals surface area contributed by atoms with E-state index in [1.54, 1.807) is 0 Å². The van der Waals surface area contributed by atoms with Crippen molar-refractivity contribution in [2.75, 3.05) is 0 Å². The van der Waals surface area contributed by atoms with Crippen molar-refractivity contribution in [1.82, 2.24) is 0 Å². The summed E-state index contributed by atoms with van der Waals surface area (Å²) >= 11 is 1.86. The maximum absolute atomic E-state index is 2.33. The van der Waals surface area contributed by atoms with Crippen molar-refractivity contribution in [3.05, 3.63) is 109 Å². The van der Waals surface area contributed by atoms with Crippen molar-refractivity contribution in [2.45, 2.75) is 9.79 Å². The Morgan fingerprint density at radius 2 is 0.724 bits per heavy atom. The SMILES string of the molecule is c1ccc2cc3c(Sc4cccc5cc6ccccc6cc45)cccc3cc2c1. The summed E-state index contributed by atoms with van der Waals surface area (Å²) < 4.78 is 0. The number of benzene rings is 6. The van der Waals surface area contributed by atoms with Crippen molar-refractivity contribution in [3.63, 3.8) is 0 Å². The monoisotopic (exact) mass is 386 g/mol. The Bertz CT molecular complexity index is 1410. The molecule has 6 rings (SSSR count). The quantitative estimate of drug-likeness (QED) is 0.269. The van der Waals surface area contributed by atoms with E-state index in [9.17, 15) is 0 Å². The van der Waals surface area contributed by atoms with Crippen molar-refractivity contribution in [2.24, 2.45) is 0 Å². The van der Waals surface area contributed by atoms with Gasteiger partial charge >= 0.3 is 0 Å². The molecule has 0 aliphatic carbocycles. The van der Waals surface area contributed by atoms with Crippen LogP contribution in [0.3, 0.4) is 0 Å².